The zero-order valence-electron chi connectivity index (χ0n) is 77.1. The maximum Gasteiger partial charge on any atom is 0.275 e. The van der Waals surface area contributed by atoms with Gasteiger partial charge in [-0.05, 0) is 222 Å². The summed E-state index contributed by atoms with van der Waals surface area (Å²) in [6.45, 7) is 11.2. The van der Waals surface area contributed by atoms with Gasteiger partial charge < -0.3 is 101 Å². The molecule has 1 unspecified atom stereocenters. The molecular weight excluding hydrogens is 1830 g/mol. The van der Waals surface area contributed by atoms with Crippen molar-refractivity contribution >= 4 is 140 Å². The van der Waals surface area contributed by atoms with E-state index in [2.05, 4.69) is 66.5 Å². The van der Waals surface area contributed by atoms with Crippen molar-refractivity contribution in [1.29, 1.82) is 0 Å². The van der Waals surface area contributed by atoms with E-state index >= 15 is 0 Å². The molecule has 36 nitrogen and oxygen atoms in total. The van der Waals surface area contributed by atoms with E-state index in [1.807, 2.05) is 113 Å². The summed E-state index contributed by atoms with van der Waals surface area (Å²) in [7, 11) is 4.69. The molecule has 40 heteroatoms. The van der Waals surface area contributed by atoms with Gasteiger partial charge in [0.25, 0.3) is 47.3 Å². The van der Waals surface area contributed by atoms with Gasteiger partial charge in [-0.25, -0.2) is 19.9 Å². The lowest BCUT2D eigenvalue weighted by molar-refractivity contribution is -0.128. The van der Waals surface area contributed by atoms with Gasteiger partial charge in [0, 0.05) is 140 Å². The van der Waals surface area contributed by atoms with Gasteiger partial charge in [0.15, 0.2) is 22.8 Å². The number of halogens is 4. The molecule has 4 aliphatic carbocycles. The average molecular weight is 1950 g/mol. The summed E-state index contributed by atoms with van der Waals surface area (Å²) in [5, 5.41) is 17.0. The number of hydrogen-bond donors (Lipinski definition) is 10. The fourth-order valence-corrected chi connectivity index (χ4v) is 21.4. The van der Waals surface area contributed by atoms with Crippen LogP contribution in [-0.4, -0.2) is 256 Å². The molecule has 12 amide bonds. The van der Waals surface area contributed by atoms with Crippen LogP contribution in [0.3, 0.4) is 0 Å². The van der Waals surface area contributed by atoms with Crippen LogP contribution in [0.15, 0.2) is 122 Å². The van der Waals surface area contributed by atoms with Crippen molar-refractivity contribution in [3.63, 3.8) is 0 Å². The van der Waals surface area contributed by atoms with Gasteiger partial charge >= 0.3 is 0 Å². The number of morpholine rings is 1. The quantitative estimate of drug-likeness (QED) is 0.0254. The van der Waals surface area contributed by atoms with Crippen molar-refractivity contribution in [2.45, 2.75) is 191 Å². The number of hydrogen-bond acceptors (Lipinski definition) is 20. The van der Waals surface area contributed by atoms with Crippen molar-refractivity contribution in [1.82, 2.24) is 76.3 Å². The van der Waals surface area contributed by atoms with E-state index in [-0.39, 0.29) is 157 Å². The largest absolute Gasteiger partial charge is 0.383 e. The van der Waals surface area contributed by atoms with Gasteiger partial charge in [-0.15, -0.1) is 0 Å². The number of carbonyl (C=O) groups is 12. The topological polar surface area (TPSA) is 462 Å². The minimum Gasteiger partial charge on any atom is -0.383 e. The number of nitrogens with one attached hydrogen (secondary N) is 9. The predicted molar refractivity (Wildman–Crippen MR) is 510 cm³/mol. The molecule has 3 atom stereocenters. The van der Waals surface area contributed by atoms with Crippen molar-refractivity contribution in [3.05, 3.63) is 188 Å². The minimum atomic E-state index is -0.736. The summed E-state index contributed by atoms with van der Waals surface area (Å²) in [4.78, 5) is 193. The van der Waals surface area contributed by atoms with Gasteiger partial charge in [-0.1, -0.05) is 70.7 Å². The van der Waals surface area contributed by atoms with Crippen LogP contribution < -0.4 is 51.9 Å². The molecular formula is C96H118Cl4N20O16. The highest BCUT2D eigenvalue weighted by atomic mass is 35.5. The number of nitrogens with zero attached hydrogens (tertiary/aromatic N) is 10. The Morgan fingerprint density at radius 3 is 1.04 bits per heavy atom. The Hall–Kier alpha value is -11.6. The normalized spacial score (nSPS) is 23.7. The average Bonchev–Trinajstić information content (AvgIpc) is 1.61. The zero-order valence-corrected chi connectivity index (χ0v) is 80.1. The summed E-state index contributed by atoms with van der Waals surface area (Å²) < 4.78 is 20.7. The molecule has 9 fully saturated rings. The number of ether oxygens (including phenoxy) is 4. The number of methoxy groups -OCH3 is 3. The molecule has 4 aromatic carbocycles. The van der Waals surface area contributed by atoms with Crippen LogP contribution in [0.2, 0.25) is 20.1 Å². The zero-order chi connectivity index (χ0) is 96.8. The molecule has 136 heavy (non-hydrogen) atoms. The van der Waals surface area contributed by atoms with E-state index in [0.29, 0.717) is 182 Å². The number of aromatic amines is 4. The number of primary amides is 1. The minimum absolute atomic E-state index is 0.00460. The molecule has 5 saturated heterocycles. The molecule has 9 aliphatic rings. The highest BCUT2D eigenvalue weighted by Gasteiger charge is 2.54. The number of benzene rings is 4. The molecule has 11 N–H and O–H groups in total. The highest BCUT2D eigenvalue weighted by molar-refractivity contribution is 6.32. The van der Waals surface area contributed by atoms with Crippen LogP contribution >= 0.6 is 46.4 Å². The lowest BCUT2D eigenvalue weighted by Gasteiger charge is -2.43. The van der Waals surface area contributed by atoms with Crippen LogP contribution in [0.25, 0.3) is 0 Å². The number of aromatic nitrogens is 8. The Kier molecular flexibility index (Phi) is 32.9. The fourth-order valence-electron chi connectivity index (χ4n) is 20.7. The molecule has 5 aliphatic heterocycles. The van der Waals surface area contributed by atoms with Crippen LogP contribution in [0.4, 0.5) is 22.7 Å². The highest BCUT2D eigenvalue weighted by Crippen LogP contribution is 2.51. The molecule has 4 aromatic heterocycles. The monoisotopic (exact) mass is 1950 g/mol. The Morgan fingerprint density at radius 2 is 0.721 bits per heavy atom. The van der Waals surface area contributed by atoms with Gasteiger partial charge in [-0.2, -0.15) is 0 Å². The first-order valence-electron chi connectivity index (χ1n) is 46.3. The summed E-state index contributed by atoms with van der Waals surface area (Å²) >= 11 is 24.5. The van der Waals surface area contributed by atoms with Crippen LogP contribution in [0.1, 0.15) is 233 Å². The number of H-pyrrole nitrogens is 4. The third kappa shape index (κ3) is 22.8. The Balaban J connectivity index is 0.000000145. The van der Waals surface area contributed by atoms with E-state index in [9.17, 15) is 57.5 Å². The van der Waals surface area contributed by atoms with Crippen molar-refractivity contribution < 1.29 is 76.5 Å². The van der Waals surface area contributed by atoms with Crippen LogP contribution in [-0.2, 0) is 38.1 Å². The first kappa shape index (κ1) is 100. The Labute approximate surface area is 808 Å². The van der Waals surface area contributed by atoms with E-state index in [1.165, 1.54) is 25.3 Å². The first-order valence-corrected chi connectivity index (χ1v) is 47.9. The molecule has 8 aromatic rings. The van der Waals surface area contributed by atoms with E-state index in [1.54, 1.807) is 55.4 Å². The number of carbonyl (C=O) groups excluding carboxylic acids is 12. The Bertz CT molecular complexity index is 5480. The van der Waals surface area contributed by atoms with Crippen molar-refractivity contribution in [3.8, 4) is 0 Å². The molecule has 726 valence electrons. The maximum absolute atomic E-state index is 13.5. The standard InChI is InChI=1S/C24H28ClN5O4.3C24H30ClN5O4/c25-16-2-1-3-18(14-16)30-9-8-24(23(30)33)6-4-17(5-7-24)28-21(31)19-20(27-15-26-19)22(32)29-10-12-34-13-11-29;1-15(13-34-2)30(22(32)20-19(21(26)31)27-14-28-20)17-6-8-24(9-7-17)10-11-29(23(24)33)18-5-3-4-16(25)12-18;2*1-15(13-34-2)28-21(31)19-20(27-14-26-19)22(32)29-17-6-8-24(9-7-17)10-11-30(23(24)33)18-5-3-4-16(25)12-18/h1-3,14-15,17H,4-13H2,(H,26,27)(H,28,31);3-5,12,14-15,17H,6-11,13H2,1-2H3,(H2,26,31)(H,27,28);2*3-5,12,14-15,17H,6-11,13H2,1-2H3,(H,26,27)(H,28,31)(H,29,32)/t17-,24-;15?,17-,24-;2*15-,17-,24-/m..10/s1. The number of nitrogens with two attached hydrogens (primary N) is 1. The SMILES string of the molecule is COCC(C)N(C(=O)c1nc[nH]c1C(N)=O)[C@H]1CC[C@@]2(CCN(c3cccc(Cl)c3)C2=O)CC1.COC[C@@H](C)NC(=O)c1nc[nH]c1C(=O)N[C@H]1CC[C@@]2(CCN(c3cccc(Cl)c3)C2=O)CC1.COC[C@H](C)NC(=O)c1nc[nH]c1C(=O)N[C@H]1CC[C@@]2(CCN(c3cccc(Cl)c3)C2=O)CC1.O=C(N[C@H]1CC[C@@]2(CCN(c3cccc(Cl)c3)C2=O)CC1)c1[nH]cnc1C(=O)N1CCOCC1. The summed E-state index contributed by atoms with van der Waals surface area (Å²) in [5.41, 5.74) is 7.83. The Morgan fingerprint density at radius 1 is 0.419 bits per heavy atom. The molecule has 0 bridgehead atoms. The van der Waals surface area contributed by atoms with Gasteiger partial charge in [0.05, 0.1) is 86.0 Å². The second kappa shape index (κ2) is 44.7. The predicted octanol–water partition coefficient (Wildman–Crippen LogP) is 11.5. The first-order chi connectivity index (χ1) is 65.4. The summed E-state index contributed by atoms with van der Waals surface area (Å²) in [6, 6.07) is 28.5. The second-order valence-corrected chi connectivity index (χ2v) is 38.5. The van der Waals surface area contributed by atoms with Crippen molar-refractivity contribution in [2.24, 2.45) is 27.4 Å². The third-order valence-electron chi connectivity index (χ3n) is 28.0. The third-order valence-corrected chi connectivity index (χ3v) is 28.9. The number of anilines is 4. The van der Waals surface area contributed by atoms with Gasteiger partial charge in [0.1, 0.15) is 22.8 Å². The summed E-state index contributed by atoms with van der Waals surface area (Å²) in [5.74, 6) is -2.78. The van der Waals surface area contributed by atoms with E-state index in [4.69, 9.17) is 71.1 Å². The fraction of sp³-hybridized carbons (Fsp3) is 0.500. The molecule has 4 spiro atoms. The molecule has 4 saturated carbocycles. The van der Waals surface area contributed by atoms with Gasteiger partial charge in [0.2, 0.25) is 23.6 Å². The maximum atomic E-state index is 13.5. The number of imidazole rings is 4. The lowest BCUT2D eigenvalue weighted by Crippen LogP contribution is -2.51. The smallest absolute Gasteiger partial charge is 0.275 e. The van der Waals surface area contributed by atoms with Crippen LogP contribution in [0.5, 0.6) is 0 Å². The second-order valence-electron chi connectivity index (χ2n) is 36.8. The lowest BCUT2D eigenvalue weighted by atomic mass is 9.71. The summed E-state index contributed by atoms with van der Waals surface area (Å²) in [6.07, 6.45) is 19.7. The van der Waals surface area contributed by atoms with E-state index in [0.717, 1.165) is 61.3 Å². The molecule has 17 rings (SSSR count). The molecule has 0 radical (unpaired) electrons. The van der Waals surface area contributed by atoms with E-state index < -0.39 is 23.1 Å². The molecule has 9 heterocycles. The number of amides is 12. The van der Waals surface area contributed by atoms with Crippen molar-refractivity contribution in [2.75, 3.05) is 113 Å². The van der Waals surface area contributed by atoms with Gasteiger partial charge in [-0.3, -0.25) is 57.5 Å². The number of rotatable bonds is 25. The van der Waals surface area contributed by atoms with Crippen LogP contribution in [0, 0.1) is 21.7 Å².